The molecule has 1 heterocycles. The van der Waals surface area contributed by atoms with Crippen molar-refractivity contribution in [1.29, 1.82) is 0 Å². The zero-order valence-electron chi connectivity index (χ0n) is 4.54. The van der Waals surface area contributed by atoms with Gasteiger partial charge in [0.1, 0.15) is 0 Å². The van der Waals surface area contributed by atoms with Crippen molar-refractivity contribution < 1.29 is 12.3 Å². The molecule has 0 aromatic carbocycles. The lowest BCUT2D eigenvalue weighted by Gasteiger charge is -1.82. The van der Waals surface area contributed by atoms with Gasteiger partial charge in [-0.3, -0.25) is 0 Å². The Hall–Kier alpha value is 0.310. The molecule has 0 aliphatic rings. The van der Waals surface area contributed by atoms with Gasteiger partial charge in [0.15, 0.2) is 4.21 Å². The molecule has 0 N–H and O–H groups in total. The first-order valence-corrected chi connectivity index (χ1v) is 5.48. The molecule has 0 unspecified atom stereocenters. The molecule has 2 nitrogen and oxygen atoms in total. The summed E-state index contributed by atoms with van der Waals surface area (Å²) in [6, 6.07) is 2.81. The van der Waals surface area contributed by atoms with Crippen molar-refractivity contribution in [1.82, 2.24) is 0 Å². The third-order valence-electron chi connectivity index (χ3n) is 0.789. The first kappa shape index (κ1) is 8.41. The van der Waals surface area contributed by atoms with Crippen LogP contribution < -0.4 is 0 Å². The number of hydrogen-bond donors (Lipinski definition) is 0. The third-order valence-corrected chi connectivity index (χ3v) is 3.94. The van der Waals surface area contributed by atoms with Crippen molar-refractivity contribution in [2.24, 2.45) is 0 Å². The van der Waals surface area contributed by atoms with Crippen LogP contribution in [0, 0.1) is 2.88 Å². The number of rotatable bonds is 1. The van der Waals surface area contributed by atoms with Crippen molar-refractivity contribution >= 4 is 44.2 Å². The monoisotopic (exact) mass is 292 g/mol. The van der Waals surface area contributed by atoms with Crippen LogP contribution in [0.5, 0.6) is 0 Å². The zero-order chi connectivity index (χ0) is 7.78. The van der Waals surface area contributed by atoms with Crippen LogP contribution in [0.1, 0.15) is 0 Å². The van der Waals surface area contributed by atoms with Gasteiger partial charge in [0, 0.05) is 0 Å². The van der Waals surface area contributed by atoms with E-state index in [4.69, 9.17) is 0 Å². The molecule has 0 amide bonds. The van der Waals surface area contributed by atoms with Gasteiger partial charge in [-0.2, -0.15) is 8.42 Å². The highest BCUT2D eigenvalue weighted by molar-refractivity contribution is 14.1. The van der Waals surface area contributed by atoms with E-state index in [1.165, 1.54) is 6.07 Å². The van der Waals surface area contributed by atoms with Crippen molar-refractivity contribution in [2.75, 3.05) is 0 Å². The molecule has 0 atom stereocenters. The summed E-state index contributed by atoms with van der Waals surface area (Å²) < 4.78 is 33.0. The second kappa shape index (κ2) is 2.74. The van der Waals surface area contributed by atoms with Crippen molar-refractivity contribution in [3.8, 4) is 0 Å². The summed E-state index contributed by atoms with van der Waals surface area (Å²) in [6.07, 6.45) is 0. The number of thiophene rings is 1. The Kier molecular flexibility index (Phi) is 2.31. The van der Waals surface area contributed by atoms with Crippen LogP contribution in [0.15, 0.2) is 16.3 Å². The maximum absolute atomic E-state index is 12.1. The maximum atomic E-state index is 12.1. The first-order valence-electron chi connectivity index (χ1n) is 2.20. The largest absolute Gasteiger partial charge is 0.341 e. The lowest BCUT2D eigenvalue weighted by atomic mass is 10.7. The number of hydrogen-bond acceptors (Lipinski definition) is 3. The normalized spacial score (nSPS) is 11.8. The highest BCUT2D eigenvalue weighted by atomic mass is 127. The Morgan fingerprint density at radius 2 is 2.10 bits per heavy atom. The zero-order valence-corrected chi connectivity index (χ0v) is 8.33. The quantitative estimate of drug-likeness (QED) is 0.586. The average molecular weight is 292 g/mol. The second-order valence-electron chi connectivity index (χ2n) is 1.50. The highest BCUT2D eigenvalue weighted by Gasteiger charge is 2.13. The molecule has 0 saturated heterocycles. The highest BCUT2D eigenvalue weighted by Crippen LogP contribution is 2.23. The Balaban J connectivity index is 3.21. The smallest absolute Gasteiger partial charge is 0.188 e. The summed E-state index contributed by atoms with van der Waals surface area (Å²) in [7, 11) is -4.47. The molecule has 0 aliphatic heterocycles. The molecule has 10 heavy (non-hydrogen) atoms. The van der Waals surface area contributed by atoms with Crippen molar-refractivity contribution in [2.45, 2.75) is 4.21 Å². The van der Waals surface area contributed by atoms with Gasteiger partial charge in [0.05, 0.1) is 2.88 Å². The SMILES string of the molecule is O=S(=O)(F)c1ccc(I)s1. The molecule has 1 aromatic heterocycles. The molecule has 0 aliphatic carbocycles. The van der Waals surface area contributed by atoms with Crippen LogP contribution in [-0.4, -0.2) is 8.42 Å². The van der Waals surface area contributed by atoms with Crippen molar-refractivity contribution in [3.63, 3.8) is 0 Å². The van der Waals surface area contributed by atoms with Crippen molar-refractivity contribution in [3.05, 3.63) is 15.0 Å². The predicted molar refractivity (Wildman–Crippen MR) is 45.3 cm³/mol. The lowest BCUT2D eigenvalue weighted by molar-refractivity contribution is 0.554. The molecule has 1 rings (SSSR count). The van der Waals surface area contributed by atoms with Crippen LogP contribution in [0.2, 0.25) is 0 Å². The van der Waals surface area contributed by atoms with Gasteiger partial charge in [-0.05, 0) is 34.7 Å². The minimum atomic E-state index is -4.47. The molecular formula is C4H2FIO2S2. The van der Waals surface area contributed by atoms with E-state index in [1.807, 2.05) is 22.6 Å². The minimum absolute atomic E-state index is 0.225. The summed E-state index contributed by atoms with van der Waals surface area (Å²) in [5.41, 5.74) is 0. The fourth-order valence-electron chi connectivity index (χ4n) is 0.429. The van der Waals surface area contributed by atoms with Gasteiger partial charge in [-0.25, -0.2) is 0 Å². The van der Waals surface area contributed by atoms with E-state index in [9.17, 15) is 12.3 Å². The van der Waals surface area contributed by atoms with Crippen LogP contribution >= 0.6 is 33.9 Å². The fourth-order valence-corrected chi connectivity index (χ4v) is 3.13. The topological polar surface area (TPSA) is 34.1 Å². The van der Waals surface area contributed by atoms with Gasteiger partial charge < -0.3 is 0 Å². The number of halogens is 2. The van der Waals surface area contributed by atoms with Crippen LogP contribution in [-0.2, 0) is 10.2 Å². The summed E-state index contributed by atoms with van der Waals surface area (Å²) in [5.74, 6) is 0. The maximum Gasteiger partial charge on any atom is 0.341 e. The Morgan fingerprint density at radius 3 is 2.30 bits per heavy atom. The fraction of sp³-hybridized carbons (Fsp3) is 0. The molecule has 0 spiro atoms. The van der Waals surface area contributed by atoms with Gasteiger partial charge in [-0.1, -0.05) is 3.89 Å². The molecular weight excluding hydrogens is 290 g/mol. The van der Waals surface area contributed by atoms with Gasteiger partial charge in [-0.15, -0.1) is 11.3 Å². The van der Waals surface area contributed by atoms with Gasteiger partial charge in [0.25, 0.3) is 0 Å². The second-order valence-corrected chi connectivity index (χ2v) is 6.05. The average Bonchev–Trinajstić information content (AvgIpc) is 2.11. The van der Waals surface area contributed by atoms with E-state index in [0.29, 0.717) is 0 Å². The first-order chi connectivity index (χ1) is 4.50. The summed E-state index contributed by atoms with van der Waals surface area (Å²) >= 11 is 2.85. The third kappa shape index (κ3) is 1.89. The van der Waals surface area contributed by atoms with E-state index in [0.717, 1.165) is 14.2 Å². The van der Waals surface area contributed by atoms with Crippen LogP contribution in [0.25, 0.3) is 0 Å². The van der Waals surface area contributed by atoms with Gasteiger partial charge >= 0.3 is 10.2 Å². The summed E-state index contributed by atoms with van der Waals surface area (Å²) in [5, 5.41) is 0. The van der Waals surface area contributed by atoms with E-state index in [1.54, 1.807) is 6.07 Å². The van der Waals surface area contributed by atoms with Crippen LogP contribution in [0.3, 0.4) is 0 Å². The Bertz CT molecular complexity index is 329. The molecule has 1 aromatic rings. The summed E-state index contributed by atoms with van der Waals surface area (Å²) in [4.78, 5) is 0. The van der Waals surface area contributed by atoms with E-state index >= 15 is 0 Å². The Labute approximate surface area is 75.4 Å². The van der Waals surface area contributed by atoms with Gasteiger partial charge in [0.2, 0.25) is 0 Å². The lowest BCUT2D eigenvalue weighted by Crippen LogP contribution is -1.84. The standard InChI is InChI=1S/C4H2FIO2S2/c5-10(7,8)4-2-1-3(6)9-4/h1-2H. The predicted octanol–water partition coefficient (Wildman–Crippen LogP) is 2.01. The van der Waals surface area contributed by atoms with Crippen LogP contribution in [0.4, 0.5) is 3.89 Å². The molecule has 0 radical (unpaired) electrons. The summed E-state index contributed by atoms with van der Waals surface area (Å²) in [6.45, 7) is 0. The molecule has 0 bridgehead atoms. The van der Waals surface area contributed by atoms with E-state index < -0.39 is 10.2 Å². The molecule has 0 fully saturated rings. The molecule has 0 saturated carbocycles. The molecule has 6 heteroatoms. The Morgan fingerprint density at radius 1 is 1.50 bits per heavy atom. The minimum Gasteiger partial charge on any atom is -0.188 e. The van der Waals surface area contributed by atoms with E-state index in [2.05, 4.69) is 0 Å². The molecule has 56 valence electrons. The van der Waals surface area contributed by atoms with E-state index in [-0.39, 0.29) is 4.21 Å².